The number of hydrogen-bond donors (Lipinski definition) is 0. The van der Waals surface area contributed by atoms with Crippen LogP contribution in [-0.2, 0) is 10.1 Å². The van der Waals surface area contributed by atoms with Crippen molar-refractivity contribution in [3.05, 3.63) is 12.5 Å². The lowest BCUT2D eigenvalue weighted by molar-refractivity contribution is 0.371. The highest BCUT2D eigenvalue weighted by molar-refractivity contribution is 7.86. The molecule has 1 heterocycles. The molecule has 1 aromatic rings. The minimum absolute atomic E-state index is 0.262. The highest BCUT2D eigenvalue weighted by atomic mass is 32.2. The van der Waals surface area contributed by atoms with Gasteiger partial charge in [-0.2, -0.15) is 13.4 Å². The molecule has 0 aromatic carbocycles. The van der Waals surface area contributed by atoms with E-state index in [-0.39, 0.29) is 6.08 Å². The number of hydrogen-bond acceptors (Lipinski definition) is 5. The fraction of sp³-hybridized carbons (Fsp3) is 0.250. The standard InChI is InChI=1S/C4H5NO4S/c1-10(6,7)9-4-5-2-3-8-4/h2-3H,1H3. The van der Waals surface area contributed by atoms with Crippen molar-refractivity contribution in [2.75, 3.05) is 6.26 Å². The van der Waals surface area contributed by atoms with Gasteiger partial charge in [0.25, 0.3) is 0 Å². The average Bonchev–Trinajstić information content (AvgIpc) is 2.12. The van der Waals surface area contributed by atoms with Crippen molar-refractivity contribution in [1.82, 2.24) is 4.98 Å². The van der Waals surface area contributed by atoms with Gasteiger partial charge in [-0.25, -0.2) is 0 Å². The van der Waals surface area contributed by atoms with E-state index in [1.165, 1.54) is 12.5 Å². The highest BCUT2D eigenvalue weighted by Gasteiger charge is 2.06. The molecule has 56 valence electrons. The van der Waals surface area contributed by atoms with Gasteiger partial charge in [0, 0.05) is 0 Å². The second-order valence-corrected chi connectivity index (χ2v) is 3.16. The summed E-state index contributed by atoms with van der Waals surface area (Å²) in [5, 5.41) is 0. The van der Waals surface area contributed by atoms with Crippen LogP contribution < -0.4 is 4.18 Å². The normalized spacial score (nSPS) is 11.3. The molecule has 0 saturated carbocycles. The van der Waals surface area contributed by atoms with Crippen LogP contribution in [0.1, 0.15) is 0 Å². The van der Waals surface area contributed by atoms with E-state index in [0.29, 0.717) is 0 Å². The van der Waals surface area contributed by atoms with Gasteiger partial charge in [0.05, 0.1) is 12.5 Å². The first-order valence-electron chi connectivity index (χ1n) is 2.37. The van der Waals surface area contributed by atoms with Crippen LogP contribution in [0.15, 0.2) is 16.9 Å². The van der Waals surface area contributed by atoms with E-state index >= 15 is 0 Å². The maximum Gasteiger partial charge on any atom is 0.409 e. The second kappa shape index (κ2) is 2.30. The lowest BCUT2D eigenvalue weighted by atomic mass is 11.0. The summed E-state index contributed by atoms with van der Waals surface area (Å²) >= 11 is 0. The Labute approximate surface area is 57.8 Å². The first-order chi connectivity index (χ1) is 4.58. The maximum atomic E-state index is 10.4. The predicted molar refractivity (Wildman–Crippen MR) is 32.0 cm³/mol. The van der Waals surface area contributed by atoms with E-state index in [2.05, 4.69) is 13.6 Å². The monoisotopic (exact) mass is 163 g/mol. The van der Waals surface area contributed by atoms with Gasteiger partial charge < -0.3 is 8.60 Å². The average molecular weight is 163 g/mol. The van der Waals surface area contributed by atoms with Crippen molar-refractivity contribution in [2.24, 2.45) is 0 Å². The zero-order valence-electron chi connectivity index (χ0n) is 5.14. The molecule has 1 aromatic heterocycles. The Hall–Kier alpha value is -1.04. The van der Waals surface area contributed by atoms with Gasteiger partial charge in [-0.1, -0.05) is 0 Å². The van der Waals surface area contributed by atoms with Gasteiger partial charge >= 0.3 is 16.2 Å². The third-order valence-corrected chi connectivity index (χ3v) is 1.08. The van der Waals surface area contributed by atoms with Crippen molar-refractivity contribution >= 4 is 10.1 Å². The molecule has 0 amide bonds. The van der Waals surface area contributed by atoms with Crippen LogP contribution in [0.25, 0.3) is 0 Å². The second-order valence-electron chi connectivity index (χ2n) is 1.59. The van der Waals surface area contributed by atoms with Crippen molar-refractivity contribution in [3.8, 4) is 6.08 Å². The quantitative estimate of drug-likeness (QED) is 0.574. The van der Waals surface area contributed by atoms with Crippen molar-refractivity contribution < 1.29 is 17.0 Å². The molecule has 10 heavy (non-hydrogen) atoms. The largest absolute Gasteiger partial charge is 0.417 e. The summed E-state index contributed by atoms with van der Waals surface area (Å²) in [4.78, 5) is 3.43. The fourth-order valence-corrected chi connectivity index (χ4v) is 0.722. The lowest BCUT2D eigenvalue weighted by Crippen LogP contribution is -2.05. The molecular weight excluding hydrogens is 158 g/mol. The number of oxazole rings is 1. The molecule has 5 nitrogen and oxygen atoms in total. The van der Waals surface area contributed by atoms with E-state index in [4.69, 9.17) is 0 Å². The van der Waals surface area contributed by atoms with Gasteiger partial charge in [-0.3, -0.25) is 0 Å². The zero-order valence-corrected chi connectivity index (χ0v) is 5.96. The molecule has 0 spiro atoms. The minimum Gasteiger partial charge on any atom is -0.417 e. The summed E-state index contributed by atoms with van der Waals surface area (Å²) in [5.74, 6) is 0. The van der Waals surface area contributed by atoms with Gasteiger partial charge in [0.15, 0.2) is 0 Å². The number of rotatable bonds is 2. The zero-order chi connectivity index (χ0) is 7.61. The molecule has 0 saturated heterocycles. The van der Waals surface area contributed by atoms with Crippen LogP contribution in [-0.4, -0.2) is 19.7 Å². The van der Waals surface area contributed by atoms with Gasteiger partial charge in [0.1, 0.15) is 6.26 Å². The predicted octanol–water partition coefficient (Wildman–Crippen LogP) is 0.0130. The molecule has 0 fully saturated rings. The van der Waals surface area contributed by atoms with Crippen LogP contribution in [0.5, 0.6) is 6.08 Å². The highest BCUT2D eigenvalue weighted by Crippen LogP contribution is 2.06. The topological polar surface area (TPSA) is 69.4 Å². The SMILES string of the molecule is CS(=O)(=O)Oc1ncco1. The molecule has 0 bridgehead atoms. The van der Waals surface area contributed by atoms with E-state index in [1.807, 2.05) is 0 Å². The molecule has 6 heteroatoms. The van der Waals surface area contributed by atoms with Crippen LogP contribution >= 0.6 is 0 Å². The molecule has 0 aliphatic heterocycles. The third kappa shape index (κ3) is 2.06. The van der Waals surface area contributed by atoms with Crippen molar-refractivity contribution in [3.63, 3.8) is 0 Å². The van der Waals surface area contributed by atoms with E-state index < -0.39 is 10.1 Å². The first kappa shape index (κ1) is 7.07. The van der Waals surface area contributed by atoms with Crippen molar-refractivity contribution in [2.45, 2.75) is 0 Å². The smallest absolute Gasteiger partial charge is 0.409 e. The fourth-order valence-electron chi connectivity index (χ4n) is 0.381. The Morgan fingerprint density at radius 2 is 2.40 bits per heavy atom. The van der Waals surface area contributed by atoms with Crippen LogP contribution in [0.4, 0.5) is 0 Å². The molecule has 1 rings (SSSR count). The maximum absolute atomic E-state index is 10.4. The molecule has 0 aliphatic rings. The van der Waals surface area contributed by atoms with Gasteiger partial charge in [-0.15, -0.1) is 0 Å². The van der Waals surface area contributed by atoms with E-state index in [0.717, 1.165) is 6.26 Å². The molecule has 0 atom stereocenters. The van der Waals surface area contributed by atoms with Gasteiger partial charge in [-0.05, 0) is 0 Å². The minimum atomic E-state index is -3.50. The number of aromatic nitrogens is 1. The summed E-state index contributed by atoms with van der Waals surface area (Å²) in [6, 6.07) is 0. The Morgan fingerprint density at radius 3 is 2.80 bits per heavy atom. The Morgan fingerprint density at radius 1 is 1.70 bits per heavy atom. The summed E-state index contributed by atoms with van der Waals surface area (Å²) in [7, 11) is -3.50. The van der Waals surface area contributed by atoms with E-state index in [9.17, 15) is 8.42 Å². The van der Waals surface area contributed by atoms with Crippen LogP contribution in [0.3, 0.4) is 0 Å². The van der Waals surface area contributed by atoms with Crippen LogP contribution in [0, 0.1) is 0 Å². The third-order valence-electron chi connectivity index (χ3n) is 0.632. The van der Waals surface area contributed by atoms with Gasteiger partial charge in [0.2, 0.25) is 0 Å². The summed E-state index contributed by atoms with van der Waals surface area (Å²) in [6.07, 6.45) is 3.17. The molecule has 0 unspecified atom stereocenters. The Bertz CT molecular complexity index is 287. The molecule has 0 N–H and O–H groups in total. The van der Waals surface area contributed by atoms with Crippen molar-refractivity contribution in [1.29, 1.82) is 0 Å². The summed E-state index contributed by atoms with van der Waals surface area (Å²) < 4.78 is 29.5. The summed E-state index contributed by atoms with van der Waals surface area (Å²) in [6.45, 7) is 0. The van der Waals surface area contributed by atoms with E-state index in [1.54, 1.807) is 0 Å². The molecular formula is C4H5NO4S. The van der Waals surface area contributed by atoms with Crippen LogP contribution in [0.2, 0.25) is 0 Å². The summed E-state index contributed by atoms with van der Waals surface area (Å²) in [5.41, 5.74) is 0. The Kier molecular flexibility index (Phi) is 1.62. The Balaban J connectivity index is 2.75. The lowest BCUT2D eigenvalue weighted by Gasteiger charge is -1.92. The first-order valence-corrected chi connectivity index (χ1v) is 4.18. The molecule has 0 radical (unpaired) electrons. The number of nitrogens with zero attached hydrogens (tertiary/aromatic N) is 1. The molecule has 0 aliphatic carbocycles.